The average molecular weight is 214 g/mol. The zero-order valence-corrected chi connectivity index (χ0v) is 9.40. The molecule has 0 saturated heterocycles. The van der Waals surface area contributed by atoms with Gasteiger partial charge in [0, 0.05) is 11.4 Å². The van der Waals surface area contributed by atoms with Crippen LogP contribution in [-0.4, -0.2) is 11.0 Å². The third kappa shape index (κ3) is 2.19. The number of benzene rings is 1. The number of hydrogen-bond acceptors (Lipinski definition) is 3. The van der Waals surface area contributed by atoms with Crippen LogP contribution in [0.1, 0.15) is 13.8 Å². The third-order valence-corrected chi connectivity index (χ3v) is 2.24. The number of fused-ring (bicyclic) bond motifs is 1. The molecule has 1 aromatic carbocycles. The quantitative estimate of drug-likeness (QED) is 0.834. The van der Waals surface area contributed by atoms with E-state index in [0.717, 1.165) is 10.9 Å². The van der Waals surface area contributed by atoms with Gasteiger partial charge in [0.1, 0.15) is 0 Å². The minimum absolute atomic E-state index is 0.0788. The second-order valence-electron chi connectivity index (χ2n) is 4.02. The Morgan fingerprint density at radius 1 is 1.12 bits per heavy atom. The van der Waals surface area contributed by atoms with Gasteiger partial charge in [-0.3, -0.25) is 4.79 Å². The highest BCUT2D eigenvalue weighted by Crippen LogP contribution is 2.10. The maximum atomic E-state index is 11.7. The van der Waals surface area contributed by atoms with Crippen molar-refractivity contribution in [2.75, 3.05) is 5.32 Å². The fourth-order valence-corrected chi connectivity index (χ4v) is 1.53. The molecule has 0 bridgehead atoms. The second kappa shape index (κ2) is 4.31. The molecular weight excluding hydrogens is 200 g/mol. The van der Waals surface area contributed by atoms with Crippen LogP contribution in [0.3, 0.4) is 0 Å². The van der Waals surface area contributed by atoms with Crippen molar-refractivity contribution in [3.8, 4) is 0 Å². The number of anilines is 1. The summed E-state index contributed by atoms with van der Waals surface area (Å²) in [4.78, 5) is 16.1. The van der Waals surface area contributed by atoms with E-state index in [1.54, 1.807) is 12.1 Å². The highest BCUT2D eigenvalue weighted by Gasteiger charge is 2.02. The molecule has 0 aliphatic rings. The Balaban J connectivity index is 2.66. The topological polar surface area (TPSA) is 42.0 Å². The normalized spacial score (nSPS) is 10.7. The molecule has 0 spiro atoms. The van der Waals surface area contributed by atoms with Crippen LogP contribution in [0.4, 0.5) is 5.82 Å². The summed E-state index contributed by atoms with van der Waals surface area (Å²) in [6.45, 7) is 3.96. The number of aromatic nitrogens is 1. The van der Waals surface area contributed by atoms with Crippen LogP contribution in [-0.2, 0) is 0 Å². The van der Waals surface area contributed by atoms with E-state index in [1.165, 1.54) is 0 Å². The molecule has 0 saturated carbocycles. The summed E-state index contributed by atoms with van der Waals surface area (Å²) < 4.78 is 0. The molecule has 2 aromatic rings. The van der Waals surface area contributed by atoms with Gasteiger partial charge in [0.25, 0.3) is 0 Å². The van der Waals surface area contributed by atoms with E-state index in [2.05, 4.69) is 10.3 Å². The van der Waals surface area contributed by atoms with Gasteiger partial charge in [-0.15, -0.1) is 0 Å². The lowest BCUT2D eigenvalue weighted by molar-refractivity contribution is 0.889. The maximum absolute atomic E-state index is 11.7. The fourth-order valence-electron chi connectivity index (χ4n) is 1.53. The highest BCUT2D eigenvalue weighted by molar-refractivity contribution is 5.78. The third-order valence-electron chi connectivity index (χ3n) is 2.24. The zero-order chi connectivity index (χ0) is 11.5. The number of hydrogen-bond donors (Lipinski definition) is 1. The Labute approximate surface area is 94.1 Å². The van der Waals surface area contributed by atoms with Gasteiger partial charge in [0.15, 0.2) is 5.82 Å². The van der Waals surface area contributed by atoms with Crippen molar-refractivity contribution >= 4 is 16.7 Å². The molecule has 0 aliphatic heterocycles. The first-order chi connectivity index (χ1) is 7.66. The Bertz CT molecular complexity index is 564. The minimum atomic E-state index is -0.0788. The van der Waals surface area contributed by atoms with Gasteiger partial charge in [-0.2, -0.15) is 0 Å². The molecule has 0 atom stereocenters. The summed E-state index contributed by atoms with van der Waals surface area (Å²) in [6.07, 6.45) is 0. The van der Waals surface area contributed by atoms with Crippen LogP contribution in [0, 0.1) is 0 Å². The summed E-state index contributed by atoms with van der Waals surface area (Å²) >= 11 is 0. The van der Waals surface area contributed by atoms with Crippen molar-refractivity contribution in [2.45, 2.75) is 19.9 Å². The molecule has 16 heavy (non-hydrogen) atoms. The Morgan fingerprint density at radius 3 is 2.62 bits per heavy atom. The summed E-state index contributed by atoms with van der Waals surface area (Å²) in [5, 5.41) is 4.03. The van der Waals surface area contributed by atoms with E-state index >= 15 is 0 Å². The Kier molecular flexibility index (Phi) is 2.86. The summed E-state index contributed by atoms with van der Waals surface area (Å²) in [5.74, 6) is 0.413. The van der Waals surface area contributed by atoms with Crippen LogP contribution in [0.2, 0.25) is 0 Å². The van der Waals surface area contributed by atoms with Crippen LogP contribution in [0.25, 0.3) is 10.9 Å². The van der Waals surface area contributed by atoms with Crippen LogP contribution in [0.15, 0.2) is 41.2 Å². The lowest BCUT2D eigenvalue weighted by atomic mass is 10.2. The first-order valence-corrected chi connectivity index (χ1v) is 5.33. The molecule has 0 aliphatic carbocycles. The molecule has 0 radical (unpaired) electrons. The number of nitrogens with one attached hydrogen (secondary N) is 1. The van der Waals surface area contributed by atoms with Gasteiger partial charge in [0.2, 0.25) is 5.43 Å². The summed E-state index contributed by atoms with van der Waals surface area (Å²) in [5.41, 5.74) is 0.748. The fraction of sp³-hybridized carbons (Fsp3) is 0.231. The predicted molar refractivity (Wildman–Crippen MR) is 66.8 cm³/mol. The smallest absolute Gasteiger partial charge is 0.220 e. The second-order valence-corrected chi connectivity index (χ2v) is 4.02. The lowest BCUT2D eigenvalue weighted by Crippen LogP contribution is -2.16. The van der Waals surface area contributed by atoms with Crippen LogP contribution < -0.4 is 10.7 Å². The van der Waals surface area contributed by atoms with E-state index in [4.69, 9.17) is 0 Å². The van der Waals surface area contributed by atoms with Crippen molar-refractivity contribution in [3.63, 3.8) is 0 Å². The highest BCUT2D eigenvalue weighted by atomic mass is 16.1. The maximum Gasteiger partial charge on any atom is 0.220 e. The van der Waals surface area contributed by atoms with Gasteiger partial charge in [0.05, 0.1) is 5.52 Å². The molecule has 2 rings (SSSR count). The van der Waals surface area contributed by atoms with Crippen molar-refractivity contribution < 1.29 is 0 Å². The van der Waals surface area contributed by atoms with Crippen molar-refractivity contribution in [2.24, 2.45) is 0 Å². The summed E-state index contributed by atoms with van der Waals surface area (Å²) in [7, 11) is 0. The average Bonchev–Trinajstić information content (AvgIpc) is 2.39. The van der Waals surface area contributed by atoms with E-state index < -0.39 is 0 Å². The first kappa shape index (κ1) is 10.6. The van der Waals surface area contributed by atoms with Crippen molar-refractivity contribution in [1.82, 2.24) is 4.98 Å². The van der Waals surface area contributed by atoms with E-state index in [0.29, 0.717) is 5.82 Å². The standard InChI is InChI=1S/C13H14N2O/c1-9(2)14-13-12(16)8-7-10-5-3-4-6-11(10)15-13/h3-9H,1-2H3,(H,14,15,16). The van der Waals surface area contributed by atoms with Crippen molar-refractivity contribution in [1.29, 1.82) is 0 Å². The summed E-state index contributed by atoms with van der Waals surface area (Å²) in [6, 6.07) is 11.3. The van der Waals surface area contributed by atoms with Gasteiger partial charge in [-0.1, -0.05) is 18.2 Å². The molecular formula is C13H14N2O. The largest absolute Gasteiger partial charge is 0.365 e. The Morgan fingerprint density at radius 2 is 1.88 bits per heavy atom. The van der Waals surface area contributed by atoms with Crippen LogP contribution >= 0.6 is 0 Å². The minimum Gasteiger partial charge on any atom is -0.365 e. The number of rotatable bonds is 2. The van der Waals surface area contributed by atoms with Crippen molar-refractivity contribution in [3.05, 3.63) is 46.6 Å². The number of nitrogens with zero attached hydrogens (tertiary/aromatic N) is 1. The van der Waals surface area contributed by atoms with Gasteiger partial charge >= 0.3 is 0 Å². The molecule has 1 heterocycles. The zero-order valence-electron chi connectivity index (χ0n) is 9.40. The molecule has 3 heteroatoms. The number of para-hydroxylation sites is 1. The molecule has 0 amide bonds. The van der Waals surface area contributed by atoms with Gasteiger partial charge < -0.3 is 5.32 Å². The molecule has 1 N–H and O–H groups in total. The molecule has 1 aromatic heterocycles. The van der Waals surface area contributed by atoms with E-state index in [-0.39, 0.29) is 11.5 Å². The Hall–Kier alpha value is -1.90. The SMILES string of the molecule is CC(C)Nc1nc2ccccc2ccc1=O. The lowest BCUT2D eigenvalue weighted by Gasteiger charge is -2.05. The monoisotopic (exact) mass is 214 g/mol. The molecule has 82 valence electrons. The van der Waals surface area contributed by atoms with E-state index in [1.807, 2.05) is 38.1 Å². The first-order valence-electron chi connectivity index (χ1n) is 5.33. The van der Waals surface area contributed by atoms with Gasteiger partial charge in [-0.05, 0) is 32.0 Å². The van der Waals surface area contributed by atoms with Crippen LogP contribution in [0.5, 0.6) is 0 Å². The predicted octanol–water partition coefficient (Wildman–Crippen LogP) is 2.42. The van der Waals surface area contributed by atoms with Gasteiger partial charge in [-0.25, -0.2) is 4.98 Å². The van der Waals surface area contributed by atoms with E-state index in [9.17, 15) is 4.79 Å². The molecule has 0 fully saturated rings. The molecule has 0 unspecified atom stereocenters. The molecule has 3 nitrogen and oxygen atoms in total.